The number of halogens is 1. The van der Waals surface area contributed by atoms with Gasteiger partial charge in [-0.05, 0) is 55.3 Å². The number of nitrogens with zero attached hydrogens (tertiary/aromatic N) is 1. The fraction of sp³-hybridized carbons (Fsp3) is 0.474. The van der Waals surface area contributed by atoms with Crippen molar-refractivity contribution in [1.29, 1.82) is 0 Å². The van der Waals surface area contributed by atoms with Crippen molar-refractivity contribution in [3.05, 3.63) is 47.8 Å². The van der Waals surface area contributed by atoms with Crippen molar-refractivity contribution in [3.8, 4) is 0 Å². The van der Waals surface area contributed by atoms with Crippen molar-refractivity contribution in [2.45, 2.75) is 25.2 Å². The normalized spacial score (nSPS) is 25.9. The van der Waals surface area contributed by atoms with Gasteiger partial charge in [0.25, 0.3) is 0 Å². The molecule has 1 saturated heterocycles. The fourth-order valence-electron chi connectivity index (χ4n) is 3.96. The average Bonchev–Trinajstić information content (AvgIpc) is 2.94. The Balaban J connectivity index is 0.000000242. The molecule has 0 aromatic heterocycles. The molecule has 1 aromatic carbocycles. The van der Waals surface area contributed by atoms with Gasteiger partial charge in [0.1, 0.15) is 5.82 Å². The van der Waals surface area contributed by atoms with Crippen LogP contribution in [0.3, 0.4) is 0 Å². The van der Waals surface area contributed by atoms with Gasteiger partial charge in [-0.1, -0.05) is 18.6 Å². The van der Waals surface area contributed by atoms with Crippen LogP contribution in [-0.4, -0.2) is 47.2 Å². The summed E-state index contributed by atoms with van der Waals surface area (Å²) < 4.78 is 13.0. The minimum absolute atomic E-state index is 0.121. The molecule has 1 aliphatic heterocycles. The highest BCUT2D eigenvalue weighted by Crippen LogP contribution is 2.44. The molecule has 1 aromatic rings. The lowest BCUT2D eigenvalue weighted by Crippen LogP contribution is -2.25. The summed E-state index contributed by atoms with van der Waals surface area (Å²) in [5, 5.41) is 15.6. The lowest BCUT2D eigenvalue weighted by molar-refractivity contribution is -0.134. The number of benzene rings is 1. The monoisotopic (exact) mass is 349 g/mol. The smallest absolute Gasteiger partial charge is 0.328 e. The molecule has 3 rings (SSSR count). The van der Waals surface area contributed by atoms with Crippen LogP contribution in [0.1, 0.15) is 30.7 Å². The third-order valence-corrected chi connectivity index (χ3v) is 4.95. The zero-order chi connectivity index (χ0) is 18.4. The number of hydrogen-bond acceptors (Lipinski definition) is 3. The van der Waals surface area contributed by atoms with E-state index in [9.17, 15) is 14.0 Å². The summed E-state index contributed by atoms with van der Waals surface area (Å²) >= 11 is 0. The van der Waals surface area contributed by atoms with Crippen LogP contribution in [0.15, 0.2) is 36.4 Å². The van der Waals surface area contributed by atoms with Gasteiger partial charge in [-0.25, -0.2) is 14.0 Å². The maximum atomic E-state index is 13.0. The Morgan fingerprint density at radius 1 is 1.08 bits per heavy atom. The standard InChI is InChI=1S/C15H20FN.C4H4O4/c1-17-9-12-3-2-4-14(15(12)10-17)11-5-7-13(16)8-6-11;5-3(6)1-2-4(7)8/h5-8,12,14-15H,2-4,9-10H2,1H3;1-2H,(H,5,6)(H,7,8)/b;2-1+/t12-,14+,15+;/m0./s1. The Morgan fingerprint density at radius 3 is 2.24 bits per heavy atom. The second-order valence-corrected chi connectivity index (χ2v) is 6.74. The fourth-order valence-corrected chi connectivity index (χ4v) is 3.96. The summed E-state index contributed by atoms with van der Waals surface area (Å²) in [5.41, 5.74) is 1.34. The van der Waals surface area contributed by atoms with Crippen LogP contribution >= 0.6 is 0 Å². The summed E-state index contributed by atoms with van der Waals surface area (Å²) in [6.45, 7) is 2.47. The van der Waals surface area contributed by atoms with Gasteiger partial charge in [-0.15, -0.1) is 0 Å². The first-order valence-corrected chi connectivity index (χ1v) is 8.44. The van der Waals surface area contributed by atoms with Gasteiger partial charge in [-0.3, -0.25) is 0 Å². The second kappa shape index (κ2) is 8.76. The number of hydrogen-bond donors (Lipinski definition) is 2. The van der Waals surface area contributed by atoms with Crippen molar-refractivity contribution in [1.82, 2.24) is 4.90 Å². The third-order valence-electron chi connectivity index (χ3n) is 4.95. The molecule has 1 aliphatic carbocycles. The lowest BCUT2D eigenvalue weighted by Gasteiger charge is -2.33. The van der Waals surface area contributed by atoms with Gasteiger partial charge in [0.2, 0.25) is 0 Å². The number of carboxylic acid groups (broad SMARTS) is 2. The predicted octanol–water partition coefficient (Wildman–Crippen LogP) is 2.98. The molecule has 0 spiro atoms. The Kier molecular flexibility index (Phi) is 6.70. The van der Waals surface area contributed by atoms with E-state index in [2.05, 4.69) is 11.9 Å². The van der Waals surface area contributed by atoms with E-state index < -0.39 is 11.9 Å². The SMILES string of the molecule is CN1C[C@@H]2CCC[C@H](c3ccc(F)cc3)[C@@H]2C1.O=C(O)/C=C/C(=O)O. The first kappa shape index (κ1) is 19.1. The Morgan fingerprint density at radius 2 is 1.68 bits per heavy atom. The second-order valence-electron chi connectivity index (χ2n) is 6.74. The first-order chi connectivity index (χ1) is 11.9. The Bertz CT molecular complexity index is 613. The highest BCUT2D eigenvalue weighted by molar-refractivity contribution is 5.89. The van der Waals surface area contributed by atoms with E-state index in [1.54, 1.807) is 12.1 Å². The maximum absolute atomic E-state index is 13.0. The van der Waals surface area contributed by atoms with Gasteiger partial charge >= 0.3 is 11.9 Å². The van der Waals surface area contributed by atoms with E-state index >= 15 is 0 Å². The van der Waals surface area contributed by atoms with Crippen molar-refractivity contribution < 1.29 is 24.2 Å². The van der Waals surface area contributed by atoms with E-state index in [1.807, 2.05) is 12.1 Å². The van der Waals surface area contributed by atoms with E-state index in [0.717, 1.165) is 11.8 Å². The lowest BCUT2D eigenvalue weighted by atomic mass is 9.71. The van der Waals surface area contributed by atoms with Crippen LogP contribution in [0.4, 0.5) is 4.39 Å². The summed E-state index contributed by atoms with van der Waals surface area (Å²) in [6.07, 6.45) is 5.11. The van der Waals surface area contributed by atoms with Crippen LogP contribution in [0.2, 0.25) is 0 Å². The number of fused-ring (bicyclic) bond motifs is 1. The van der Waals surface area contributed by atoms with Crippen molar-refractivity contribution in [2.75, 3.05) is 20.1 Å². The van der Waals surface area contributed by atoms with E-state index in [1.165, 1.54) is 37.9 Å². The zero-order valence-corrected chi connectivity index (χ0v) is 14.3. The largest absolute Gasteiger partial charge is 0.478 e. The topological polar surface area (TPSA) is 77.8 Å². The zero-order valence-electron chi connectivity index (χ0n) is 14.3. The molecule has 6 heteroatoms. The molecule has 136 valence electrons. The highest BCUT2D eigenvalue weighted by atomic mass is 19.1. The molecule has 0 amide bonds. The molecule has 1 heterocycles. The van der Waals surface area contributed by atoms with Crippen molar-refractivity contribution in [2.24, 2.45) is 11.8 Å². The Hall–Kier alpha value is -2.21. The summed E-state index contributed by atoms with van der Waals surface area (Å²) in [4.78, 5) is 21.6. The van der Waals surface area contributed by atoms with Gasteiger partial charge in [0, 0.05) is 25.2 Å². The van der Waals surface area contributed by atoms with Crippen LogP contribution in [-0.2, 0) is 9.59 Å². The Labute approximate surface area is 146 Å². The highest BCUT2D eigenvalue weighted by Gasteiger charge is 2.39. The molecule has 1 saturated carbocycles. The summed E-state index contributed by atoms with van der Waals surface area (Å²) in [5.74, 6) is -0.327. The predicted molar refractivity (Wildman–Crippen MR) is 91.9 cm³/mol. The molecule has 5 nitrogen and oxygen atoms in total. The molecule has 25 heavy (non-hydrogen) atoms. The van der Waals surface area contributed by atoms with Gasteiger partial charge < -0.3 is 15.1 Å². The van der Waals surface area contributed by atoms with Crippen molar-refractivity contribution in [3.63, 3.8) is 0 Å². The molecule has 0 bridgehead atoms. The van der Waals surface area contributed by atoms with E-state index in [0.29, 0.717) is 18.1 Å². The number of rotatable bonds is 3. The molecule has 2 N–H and O–H groups in total. The minimum atomic E-state index is -1.26. The minimum Gasteiger partial charge on any atom is -0.478 e. The average molecular weight is 349 g/mol. The van der Waals surface area contributed by atoms with Crippen LogP contribution in [0, 0.1) is 17.7 Å². The van der Waals surface area contributed by atoms with Crippen LogP contribution < -0.4 is 0 Å². The van der Waals surface area contributed by atoms with Crippen LogP contribution in [0.5, 0.6) is 0 Å². The molecular formula is C19H24FNO4. The number of aliphatic carboxylic acids is 2. The summed E-state index contributed by atoms with van der Waals surface area (Å²) in [6, 6.07) is 7.19. The molecule has 3 atom stereocenters. The molecule has 0 unspecified atom stereocenters. The van der Waals surface area contributed by atoms with Crippen LogP contribution in [0.25, 0.3) is 0 Å². The molecule has 2 aliphatic rings. The molecule has 2 fully saturated rings. The number of carboxylic acids is 2. The van der Waals surface area contributed by atoms with E-state index in [-0.39, 0.29) is 5.82 Å². The van der Waals surface area contributed by atoms with Crippen molar-refractivity contribution >= 4 is 11.9 Å². The van der Waals surface area contributed by atoms with E-state index in [4.69, 9.17) is 10.2 Å². The first-order valence-electron chi connectivity index (χ1n) is 8.44. The van der Waals surface area contributed by atoms with Gasteiger partial charge in [-0.2, -0.15) is 0 Å². The quantitative estimate of drug-likeness (QED) is 0.821. The number of likely N-dealkylation sites (tertiary alicyclic amines) is 1. The van der Waals surface area contributed by atoms with Gasteiger partial charge in [0.15, 0.2) is 0 Å². The van der Waals surface area contributed by atoms with Gasteiger partial charge in [0.05, 0.1) is 0 Å². The maximum Gasteiger partial charge on any atom is 0.328 e. The number of carbonyl (C=O) groups is 2. The molecular weight excluding hydrogens is 325 g/mol. The third kappa shape index (κ3) is 5.67. The molecule has 0 radical (unpaired) electrons. The summed E-state index contributed by atoms with van der Waals surface area (Å²) in [7, 11) is 2.22.